The lowest BCUT2D eigenvalue weighted by Crippen LogP contribution is -2.41. The number of thioether (sulfide) groups is 1. The number of hydrogen-bond donors (Lipinski definition) is 1. The maximum atomic E-state index is 10.8. The van der Waals surface area contributed by atoms with Gasteiger partial charge in [-0.05, 0) is 44.2 Å². The van der Waals surface area contributed by atoms with Crippen molar-refractivity contribution < 1.29 is 5.11 Å². The molecule has 1 saturated carbocycles. The fraction of sp³-hybridized carbons (Fsp3) is 0.467. The molecule has 0 saturated heterocycles. The first-order valence-electron chi connectivity index (χ1n) is 6.38. The molecule has 2 aliphatic carbocycles. The first-order valence-corrected chi connectivity index (χ1v) is 7.20. The molecule has 1 N–H and O–H groups in total. The number of aliphatic hydroxyl groups is 1. The van der Waals surface area contributed by atoms with E-state index in [2.05, 4.69) is 36.4 Å². The lowest BCUT2D eigenvalue weighted by molar-refractivity contribution is 0.0646. The molecule has 0 bridgehead atoms. The van der Waals surface area contributed by atoms with Crippen molar-refractivity contribution in [3.8, 4) is 0 Å². The average molecular weight is 246 g/mol. The molecule has 0 heterocycles. The van der Waals surface area contributed by atoms with Gasteiger partial charge in [-0.15, -0.1) is 11.8 Å². The van der Waals surface area contributed by atoms with Gasteiger partial charge in [0.25, 0.3) is 0 Å². The van der Waals surface area contributed by atoms with Gasteiger partial charge < -0.3 is 5.11 Å². The van der Waals surface area contributed by atoms with Crippen LogP contribution in [0.15, 0.2) is 47.4 Å². The Morgan fingerprint density at radius 3 is 2.41 bits per heavy atom. The summed E-state index contributed by atoms with van der Waals surface area (Å²) in [5.41, 5.74) is -0.578. The van der Waals surface area contributed by atoms with E-state index in [1.807, 2.05) is 17.8 Å². The van der Waals surface area contributed by atoms with E-state index in [0.717, 1.165) is 32.1 Å². The minimum Gasteiger partial charge on any atom is -0.384 e. The zero-order valence-corrected chi connectivity index (χ0v) is 10.7. The Hall–Kier alpha value is -0.730. The molecular weight excluding hydrogens is 228 g/mol. The zero-order chi connectivity index (χ0) is 11.8. The Morgan fingerprint density at radius 1 is 1.06 bits per heavy atom. The predicted molar refractivity (Wildman–Crippen MR) is 72.2 cm³/mol. The number of allylic oxidation sites excluding steroid dienone is 1. The largest absolute Gasteiger partial charge is 0.384 e. The highest BCUT2D eigenvalue weighted by Crippen LogP contribution is 2.60. The summed E-state index contributed by atoms with van der Waals surface area (Å²) in [6.07, 6.45) is 9.62. The van der Waals surface area contributed by atoms with E-state index < -0.39 is 5.60 Å². The van der Waals surface area contributed by atoms with Gasteiger partial charge in [-0.1, -0.05) is 30.4 Å². The molecule has 0 aromatic heterocycles. The molecular formula is C15H18OS. The molecule has 1 nitrogen and oxygen atoms in total. The van der Waals surface area contributed by atoms with Crippen LogP contribution in [0.2, 0.25) is 0 Å². The summed E-state index contributed by atoms with van der Waals surface area (Å²) in [5.74, 6) is 0. The fourth-order valence-electron chi connectivity index (χ4n) is 2.68. The third kappa shape index (κ3) is 2.04. The average Bonchev–Trinajstić information content (AvgIpc) is 3.13. The van der Waals surface area contributed by atoms with Gasteiger partial charge in [0.15, 0.2) is 0 Å². The van der Waals surface area contributed by atoms with Crippen LogP contribution in [0.3, 0.4) is 0 Å². The summed E-state index contributed by atoms with van der Waals surface area (Å²) in [6, 6.07) is 10.5. The lowest BCUT2D eigenvalue weighted by atomic mass is 9.86. The molecule has 0 amide bonds. The third-order valence-corrected chi connectivity index (χ3v) is 5.53. The summed E-state index contributed by atoms with van der Waals surface area (Å²) in [5, 5.41) is 10.8. The number of rotatable bonds is 3. The molecule has 1 fully saturated rings. The van der Waals surface area contributed by atoms with E-state index in [4.69, 9.17) is 0 Å². The van der Waals surface area contributed by atoms with Gasteiger partial charge in [-0.25, -0.2) is 0 Å². The molecule has 1 unspecified atom stereocenters. The molecule has 2 heteroatoms. The smallest absolute Gasteiger partial charge is 0.0977 e. The van der Waals surface area contributed by atoms with Gasteiger partial charge in [0.2, 0.25) is 0 Å². The van der Waals surface area contributed by atoms with Crippen LogP contribution in [0.5, 0.6) is 0 Å². The predicted octanol–water partition coefficient (Wildman–Crippen LogP) is 3.78. The summed E-state index contributed by atoms with van der Waals surface area (Å²) in [7, 11) is 0. The van der Waals surface area contributed by atoms with Gasteiger partial charge in [0.05, 0.1) is 10.3 Å². The minimum atomic E-state index is -0.578. The van der Waals surface area contributed by atoms with Crippen molar-refractivity contribution in [2.45, 2.75) is 47.3 Å². The van der Waals surface area contributed by atoms with Crippen molar-refractivity contribution in [2.75, 3.05) is 0 Å². The van der Waals surface area contributed by atoms with Crippen LogP contribution >= 0.6 is 11.8 Å². The van der Waals surface area contributed by atoms with Crippen molar-refractivity contribution in [1.82, 2.24) is 0 Å². The summed E-state index contributed by atoms with van der Waals surface area (Å²) >= 11 is 1.86. The highest BCUT2D eigenvalue weighted by atomic mass is 32.2. The highest BCUT2D eigenvalue weighted by molar-refractivity contribution is 8.01. The van der Waals surface area contributed by atoms with Crippen LogP contribution in [0.4, 0.5) is 0 Å². The Kier molecular flexibility index (Phi) is 2.80. The maximum absolute atomic E-state index is 10.8. The first kappa shape index (κ1) is 11.4. The molecule has 0 spiro atoms. The van der Waals surface area contributed by atoms with Gasteiger partial charge in [0.1, 0.15) is 0 Å². The van der Waals surface area contributed by atoms with Crippen LogP contribution in [0.1, 0.15) is 32.1 Å². The van der Waals surface area contributed by atoms with Crippen molar-refractivity contribution in [3.05, 3.63) is 42.5 Å². The molecule has 1 atom stereocenters. The van der Waals surface area contributed by atoms with Crippen LogP contribution in [0, 0.1) is 0 Å². The summed E-state index contributed by atoms with van der Waals surface area (Å²) in [4.78, 5) is 1.28. The van der Waals surface area contributed by atoms with E-state index in [-0.39, 0.29) is 4.75 Å². The standard InChI is InChI=1S/C15H18OS/c16-14(9-5-2-6-10-14)15(11-12-15)17-13-7-3-1-4-8-13/h1,3-5,7-9,16H,2,6,10-12H2. The van der Waals surface area contributed by atoms with E-state index in [9.17, 15) is 5.11 Å². The van der Waals surface area contributed by atoms with Crippen LogP contribution in [0.25, 0.3) is 0 Å². The molecule has 0 aliphatic heterocycles. The van der Waals surface area contributed by atoms with Crippen molar-refractivity contribution in [2.24, 2.45) is 0 Å². The Morgan fingerprint density at radius 2 is 1.82 bits per heavy atom. The van der Waals surface area contributed by atoms with Crippen LogP contribution < -0.4 is 0 Å². The fourth-order valence-corrected chi connectivity index (χ4v) is 4.08. The van der Waals surface area contributed by atoms with Crippen molar-refractivity contribution in [1.29, 1.82) is 0 Å². The third-order valence-electron chi connectivity index (χ3n) is 3.87. The topological polar surface area (TPSA) is 20.2 Å². The normalized spacial score (nSPS) is 30.2. The molecule has 1 aromatic rings. The SMILES string of the molecule is OC1(C2(Sc3ccccc3)CC2)C=CCCC1. The molecule has 90 valence electrons. The van der Waals surface area contributed by atoms with Gasteiger partial charge in [-0.2, -0.15) is 0 Å². The summed E-state index contributed by atoms with van der Waals surface area (Å²) < 4.78 is 0.0469. The number of benzene rings is 1. The lowest BCUT2D eigenvalue weighted by Gasteiger charge is -2.36. The molecule has 1 aromatic carbocycles. The molecule has 3 rings (SSSR count). The Labute approximate surface area is 107 Å². The van der Waals surface area contributed by atoms with Crippen molar-refractivity contribution >= 4 is 11.8 Å². The molecule has 0 radical (unpaired) electrons. The monoisotopic (exact) mass is 246 g/mol. The van der Waals surface area contributed by atoms with Crippen LogP contribution in [-0.4, -0.2) is 15.5 Å². The van der Waals surface area contributed by atoms with E-state index in [0.29, 0.717) is 0 Å². The quantitative estimate of drug-likeness (QED) is 0.819. The molecule has 2 aliphatic rings. The highest BCUT2D eigenvalue weighted by Gasteiger charge is 2.58. The molecule has 17 heavy (non-hydrogen) atoms. The van der Waals surface area contributed by atoms with E-state index in [1.54, 1.807) is 0 Å². The number of hydrogen-bond acceptors (Lipinski definition) is 2. The van der Waals surface area contributed by atoms with Gasteiger partial charge in [-0.3, -0.25) is 0 Å². The zero-order valence-electron chi connectivity index (χ0n) is 9.93. The van der Waals surface area contributed by atoms with E-state index >= 15 is 0 Å². The summed E-state index contributed by atoms with van der Waals surface area (Å²) in [6.45, 7) is 0. The second-order valence-electron chi connectivity index (χ2n) is 5.13. The first-order chi connectivity index (χ1) is 8.24. The van der Waals surface area contributed by atoms with Crippen LogP contribution in [-0.2, 0) is 0 Å². The Balaban J connectivity index is 1.82. The van der Waals surface area contributed by atoms with Gasteiger partial charge in [0, 0.05) is 4.90 Å². The van der Waals surface area contributed by atoms with E-state index in [1.165, 1.54) is 4.90 Å². The second-order valence-corrected chi connectivity index (χ2v) is 6.59. The minimum absolute atomic E-state index is 0.0469. The second kappa shape index (κ2) is 4.18. The Bertz CT molecular complexity index is 422. The maximum Gasteiger partial charge on any atom is 0.0977 e. The van der Waals surface area contributed by atoms with Gasteiger partial charge >= 0.3 is 0 Å². The van der Waals surface area contributed by atoms with Crippen molar-refractivity contribution in [3.63, 3.8) is 0 Å².